The van der Waals surface area contributed by atoms with Crippen LogP contribution in [0, 0.1) is 6.92 Å². The van der Waals surface area contributed by atoms with Gasteiger partial charge in [-0.15, -0.1) is 0 Å². The average molecular weight is 219 g/mol. The molecule has 0 aromatic heterocycles. The predicted octanol–water partition coefficient (Wildman–Crippen LogP) is 2.86. The first-order chi connectivity index (χ1) is 7.66. The fourth-order valence-electron chi connectivity index (χ4n) is 2.19. The molecule has 1 fully saturated rings. The highest BCUT2D eigenvalue weighted by atomic mass is 16.5. The predicted molar refractivity (Wildman–Crippen MR) is 66.9 cm³/mol. The van der Waals surface area contributed by atoms with E-state index in [9.17, 15) is 0 Å². The zero-order valence-corrected chi connectivity index (χ0v) is 10.4. The Morgan fingerprint density at radius 1 is 1.31 bits per heavy atom. The van der Waals surface area contributed by atoms with Crippen molar-refractivity contribution in [1.29, 1.82) is 0 Å². The van der Waals surface area contributed by atoms with Crippen LogP contribution in [-0.4, -0.2) is 30.1 Å². The Hall–Kier alpha value is -1.02. The average Bonchev–Trinajstić information content (AvgIpc) is 2.70. The minimum absolute atomic E-state index is 0.364. The molecule has 0 radical (unpaired) electrons. The lowest BCUT2D eigenvalue weighted by molar-refractivity contribution is 0.186. The van der Waals surface area contributed by atoms with Gasteiger partial charge in [-0.25, -0.2) is 0 Å². The van der Waals surface area contributed by atoms with Crippen molar-refractivity contribution in [3.05, 3.63) is 29.8 Å². The van der Waals surface area contributed by atoms with Crippen molar-refractivity contribution in [1.82, 2.24) is 4.90 Å². The molecule has 16 heavy (non-hydrogen) atoms. The summed E-state index contributed by atoms with van der Waals surface area (Å²) in [4.78, 5) is 2.48. The first kappa shape index (κ1) is 11.5. The van der Waals surface area contributed by atoms with Crippen LogP contribution < -0.4 is 4.74 Å². The molecule has 88 valence electrons. The highest BCUT2D eigenvalue weighted by Crippen LogP contribution is 2.22. The molecule has 1 aromatic rings. The van der Waals surface area contributed by atoms with Crippen molar-refractivity contribution in [3.8, 4) is 5.75 Å². The van der Waals surface area contributed by atoms with Gasteiger partial charge in [-0.1, -0.05) is 18.2 Å². The zero-order chi connectivity index (χ0) is 11.5. The molecule has 2 rings (SSSR count). The quantitative estimate of drug-likeness (QED) is 0.775. The molecule has 1 heterocycles. The minimum Gasteiger partial charge on any atom is -0.489 e. The first-order valence-electron chi connectivity index (χ1n) is 6.13. The number of rotatable bonds is 3. The van der Waals surface area contributed by atoms with Crippen LogP contribution in [0.1, 0.15) is 25.8 Å². The molecule has 0 amide bonds. The van der Waals surface area contributed by atoms with E-state index in [0.717, 1.165) is 25.3 Å². The van der Waals surface area contributed by atoms with Crippen molar-refractivity contribution in [2.24, 2.45) is 0 Å². The number of aryl methyl sites for hydroxylation is 1. The molecule has 1 atom stereocenters. The third-order valence-electron chi connectivity index (χ3n) is 3.29. The SMILES string of the molecule is Cc1ccccc1OC1CCN(C(C)C)C1. The Bertz CT molecular complexity index is 348. The van der Waals surface area contributed by atoms with E-state index in [-0.39, 0.29) is 0 Å². The third kappa shape index (κ3) is 2.56. The van der Waals surface area contributed by atoms with Crippen LogP contribution in [0.3, 0.4) is 0 Å². The lowest BCUT2D eigenvalue weighted by Crippen LogP contribution is -2.30. The van der Waals surface area contributed by atoms with Gasteiger partial charge < -0.3 is 4.74 Å². The van der Waals surface area contributed by atoms with Crippen molar-refractivity contribution in [3.63, 3.8) is 0 Å². The van der Waals surface area contributed by atoms with E-state index in [1.54, 1.807) is 0 Å². The molecular weight excluding hydrogens is 198 g/mol. The molecule has 0 N–H and O–H groups in total. The summed E-state index contributed by atoms with van der Waals surface area (Å²) in [7, 11) is 0. The summed E-state index contributed by atoms with van der Waals surface area (Å²) in [6.07, 6.45) is 1.51. The zero-order valence-electron chi connectivity index (χ0n) is 10.4. The van der Waals surface area contributed by atoms with Gasteiger partial charge in [-0.3, -0.25) is 4.90 Å². The maximum absolute atomic E-state index is 6.04. The molecule has 0 saturated carbocycles. The van der Waals surface area contributed by atoms with Crippen molar-refractivity contribution >= 4 is 0 Å². The second-order valence-electron chi connectivity index (χ2n) is 4.88. The Kier molecular flexibility index (Phi) is 3.49. The van der Waals surface area contributed by atoms with E-state index in [4.69, 9.17) is 4.74 Å². The number of benzene rings is 1. The van der Waals surface area contributed by atoms with Crippen molar-refractivity contribution in [2.45, 2.75) is 39.3 Å². The van der Waals surface area contributed by atoms with Crippen LogP contribution in [0.5, 0.6) is 5.75 Å². The number of likely N-dealkylation sites (tertiary alicyclic amines) is 1. The monoisotopic (exact) mass is 219 g/mol. The maximum Gasteiger partial charge on any atom is 0.122 e. The Morgan fingerprint density at radius 2 is 2.06 bits per heavy atom. The van der Waals surface area contributed by atoms with Gasteiger partial charge in [0, 0.05) is 19.1 Å². The van der Waals surface area contributed by atoms with Gasteiger partial charge in [-0.05, 0) is 38.8 Å². The van der Waals surface area contributed by atoms with Crippen molar-refractivity contribution < 1.29 is 4.74 Å². The number of hydrogen-bond acceptors (Lipinski definition) is 2. The summed E-state index contributed by atoms with van der Waals surface area (Å²) in [6.45, 7) is 8.82. The summed E-state index contributed by atoms with van der Waals surface area (Å²) in [5, 5.41) is 0. The summed E-state index contributed by atoms with van der Waals surface area (Å²) >= 11 is 0. The van der Waals surface area contributed by atoms with E-state index in [1.807, 2.05) is 6.07 Å². The number of hydrogen-bond donors (Lipinski definition) is 0. The fourth-order valence-corrected chi connectivity index (χ4v) is 2.19. The molecule has 1 aliphatic heterocycles. The Labute approximate surface area is 98.2 Å². The number of para-hydroxylation sites is 1. The van der Waals surface area contributed by atoms with Gasteiger partial charge in [0.05, 0.1) is 0 Å². The standard InChI is InChI=1S/C14H21NO/c1-11(2)15-9-8-13(10-15)16-14-7-5-4-6-12(14)3/h4-7,11,13H,8-10H2,1-3H3. The second-order valence-corrected chi connectivity index (χ2v) is 4.88. The Balaban J connectivity index is 1.95. The summed E-state index contributed by atoms with van der Waals surface area (Å²) in [5.74, 6) is 1.04. The topological polar surface area (TPSA) is 12.5 Å². The van der Waals surface area contributed by atoms with Gasteiger partial charge in [0.2, 0.25) is 0 Å². The van der Waals surface area contributed by atoms with E-state index >= 15 is 0 Å². The molecule has 0 aliphatic carbocycles. The molecule has 1 unspecified atom stereocenters. The van der Waals surface area contributed by atoms with Crippen molar-refractivity contribution in [2.75, 3.05) is 13.1 Å². The largest absolute Gasteiger partial charge is 0.489 e. The number of ether oxygens (including phenoxy) is 1. The van der Waals surface area contributed by atoms with Crippen LogP contribution in [-0.2, 0) is 0 Å². The first-order valence-corrected chi connectivity index (χ1v) is 6.13. The van der Waals surface area contributed by atoms with Gasteiger partial charge in [0.15, 0.2) is 0 Å². The molecule has 1 aliphatic rings. The molecular formula is C14H21NO. The van der Waals surface area contributed by atoms with Crippen LogP contribution in [0.4, 0.5) is 0 Å². The lowest BCUT2D eigenvalue weighted by atomic mass is 10.2. The van der Waals surface area contributed by atoms with Gasteiger partial charge in [0.25, 0.3) is 0 Å². The molecule has 2 nitrogen and oxygen atoms in total. The normalized spacial score (nSPS) is 21.6. The highest BCUT2D eigenvalue weighted by molar-refractivity contribution is 5.32. The molecule has 1 saturated heterocycles. The van der Waals surface area contributed by atoms with E-state index in [2.05, 4.69) is 43.9 Å². The minimum atomic E-state index is 0.364. The molecule has 0 bridgehead atoms. The number of nitrogens with zero attached hydrogens (tertiary/aromatic N) is 1. The van der Waals surface area contributed by atoms with E-state index < -0.39 is 0 Å². The van der Waals surface area contributed by atoms with Crippen LogP contribution in [0.15, 0.2) is 24.3 Å². The summed E-state index contributed by atoms with van der Waals surface area (Å²) in [5.41, 5.74) is 1.23. The molecule has 2 heteroatoms. The van der Waals surface area contributed by atoms with Crippen LogP contribution in [0.2, 0.25) is 0 Å². The summed E-state index contributed by atoms with van der Waals surface area (Å²) < 4.78 is 6.04. The fraction of sp³-hybridized carbons (Fsp3) is 0.571. The molecule has 1 aromatic carbocycles. The van der Waals surface area contributed by atoms with Crippen LogP contribution >= 0.6 is 0 Å². The molecule has 0 spiro atoms. The van der Waals surface area contributed by atoms with E-state index in [0.29, 0.717) is 12.1 Å². The smallest absolute Gasteiger partial charge is 0.122 e. The highest BCUT2D eigenvalue weighted by Gasteiger charge is 2.25. The lowest BCUT2D eigenvalue weighted by Gasteiger charge is -2.20. The summed E-state index contributed by atoms with van der Waals surface area (Å²) in [6, 6.07) is 8.89. The van der Waals surface area contributed by atoms with Gasteiger partial charge >= 0.3 is 0 Å². The Morgan fingerprint density at radius 3 is 2.69 bits per heavy atom. The van der Waals surface area contributed by atoms with E-state index in [1.165, 1.54) is 5.56 Å². The van der Waals surface area contributed by atoms with Gasteiger partial charge in [0.1, 0.15) is 11.9 Å². The van der Waals surface area contributed by atoms with Gasteiger partial charge in [-0.2, -0.15) is 0 Å². The third-order valence-corrected chi connectivity index (χ3v) is 3.29. The second kappa shape index (κ2) is 4.88. The maximum atomic E-state index is 6.04. The van der Waals surface area contributed by atoms with Crippen LogP contribution in [0.25, 0.3) is 0 Å².